The molecule has 0 fully saturated rings. The van der Waals surface area contributed by atoms with E-state index in [1.54, 1.807) is 12.1 Å². The Morgan fingerprint density at radius 3 is 3.00 bits per heavy atom. The van der Waals surface area contributed by atoms with Crippen LogP contribution in [0.2, 0.25) is 0 Å². The molecule has 0 aliphatic carbocycles. The smallest absolute Gasteiger partial charge is 0.132 e. The Hall–Kier alpha value is -0.730. The topological polar surface area (TPSA) is 33.4 Å². The Kier molecular flexibility index (Phi) is 2.74. The molecule has 0 radical (unpaired) electrons. The van der Waals surface area contributed by atoms with Crippen molar-refractivity contribution in [2.45, 2.75) is 12.5 Å². The molecule has 0 saturated heterocycles. The summed E-state index contributed by atoms with van der Waals surface area (Å²) >= 11 is 5.49. The van der Waals surface area contributed by atoms with E-state index >= 15 is 0 Å². The van der Waals surface area contributed by atoms with Crippen molar-refractivity contribution in [2.75, 3.05) is 0 Å². The molecule has 2 nitrogen and oxygen atoms in total. The molecule has 1 aromatic heterocycles. The molecule has 0 aromatic carbocycles. The summed E-state index contributed by atoms with van der Waals surface area (Å²) in [6, 6.07) is 3.42. The second kappa shape index (κ2) is 3.60. The molecule has 0 spiro atoms. The summed E-state index contributed by atoms with van der Waals surface area (Å²) in [7, 11) is 0. The summed E-state index contributed by atoms with van der Waals surface area (Å²) in [6.45, 7) is 3.47. The van der Waals surface area contributed by atoms with Crippen molar-refractivity contribution in [3.8, 4) is 0 Å². The van der Waals surface area contributed by atoms with Gasteiger partial charge in [-0.3, -0.25) is 0 Å². The van der Waals surface area contributed by atoms with Gasteiger partial charge in [0.25, 0.3) is 0 Å². The van der Waals surface area contributed by atoms with Gasteiger partial charge in [-0.25, -0.2) is 0 Å². The Bertz CT molecular complexity index is 228. The van der Waals surface area contributed by atoms with Crippen LogP contribution in [0.3, 0.4) is 0 Å². The molecule has 0 aliphatic rings. The van der Waals surface area contributed by atoms with Crippen molar-refractivity contribution >= 4 is 11.6 Å². The first-order chi connectivity index (χ1) is 5.20. The van der Waals surface area contributed by atoms with E-state index in [9.17, 15) is 5.11 Å². The van der Waals surface area contributed by atoms with Gasteiger partial charge in [0.15, 0.2) is 0 Å². The van der Waals surface area contributed by atoms with Crippen molar-refractivity contribution < 1.29 is 9.52 Å². The van der Waals surface area contributed by atoms with Crippen LogP contribution in [0.1, 0.15) is 18.3 Å². The third-order valence-corrected chi connectivity index (χ3v) is 1.44. The van der Waals surface area contributed by atoms with Crippen LogP contribution in [0.15, 0.2) is 34.4 Å². The molecule has 0 saturated carbocycles. The van der Waals surface area contributed by atoms with Gasteiger partial charge in [0.2, 0.25) is 0 Å². The summed E-state index contributed by atoms with van der Waals surface area (Å²) < 4.78 is 4.95. The van der Waals surface area contributed by atoms with Crippen molar-refractivity contribution in [2.24, 2.45) is 0 Å². The van der Waals surface area contributed by atoms with E-state index in [4.69, 9.17) is 16.0 Å². The maximum absolute atomic E-state index is 9.34. The first-order valence-corrected chi connectivity index (χ1v) is 3.62. The first kappa shape index (κ1) is 8.37. The Labute approximate surface area is 70.1 Å². The van der Waals surface area contributed by atoms with Crippen LogP contribution in [0.4, 0.5) is 0 Å². The zero-order chi connectivity index (χ0) is 8.27. The minimum Gasteiger partial charge on any atom is -0.467 e. The fourth-order valence-electron chi connectivity index (χ4n) is 0.791. The molecule has 3 heteroatoms. The fraction of sp³-hybridized carbons (Fsp3) is 0.250. The molecule has 1 N–H and O–H groups in total. The predicted molar refractivity (Wildman–Crippen MR) is 43.3 cm³/mol. The number of furan rings is 1. The fourth-order valence-corrected chi connectivity index (χ4v) is 0.937. The lowest BCUT2D eigenvalue weighted by Gasteiger charge is -2.04. The van der Waals surface area contributed by atoms with E-state index in [1.165, 1.54) is 6.26 Å². The van der Waals surface area contributed by atoms with Gasteiger partial charge in [0, 0.05) is 11.5 Å². The van der Waals surface area contributed by atoms with Crippen LogP contribution in [0.25, 0.3) is 0 Å². The highest BCUT2D eigenvalue weighted by molar-refractivity contribution is 6.29. The lowest BCUT2D eigenvalue weighted by molar-refractivity contribution is 0.152. The van der Waals surface area contributed by atoms with Gasteiger partial charge in [-0.1, -0.05) is 18.2 Å². The number of hydrogen-bond acceptors (Lipinski definition) is 2. The SMILES string of the molecule is C=C(Cl)CC(O)c1ccco1. The lowest BCUT2D eigenvalue weighted by Crippen LogP contribution is -1.94. The number of hydrogen-bond donors (Lipinski definition) is 1. The van der Waals surface area contributed by atoms with Crippen molar-refractivity contribution in [1.82, 2.24) is 0 Å². The van der Waals surface area contributed by atoms with Gasteiger partial charge in [-0.15, -0.1) is 0 Å². The van der Waals surface area contributed by atoms with Gasteiger partial charge in [-0.2, -0.15) is 0 Å². The number of aliphatic hydroxyl groups excluding tert-OH is 1. The zero-order valence-electron chi connectivity index (χ0n) is 5.96. The highest BCUT2D eigenvalue weighted by Gasteiger charge is 2.09. The summed E-state index contributed by atoms with van der Waals surface area (Å²) in [5.74, 6) is 0.520. The normalized spacial score (nSPS) is 12.9. The minimum absolute atomic E-state index is 0.328. The third-order valence-electron chi connectivity index (χ3n) is 1.29. The standard InChI is InChI=1S/C8H9ClO2/c1-6(9)5-7(10)8-3-2-4-11-8/h2-4,7,10H,1,5H2. The maximum atomic E-state index is 9.34. The highest BCUT2D eigenvalue weighted by atomic mass is 35.5. The van der Waals surface area contributed by atoms with Crippen LogP contribution < -0.4 is 0 Å². The second-order valence-corrected chi connectivity index (χ2v) is 2.79. The van der Waals surface area contributed by atoms with E-state index < -0.39 is 6.10 Å². The Morgan fingerprint density at radius 1 is 1.82 bits per heavy atom. The average molecular weight is 173 g/mol. The van der Waals surface area contributed by atoms with E-state index in [1.807, 2.05) is 0 Å². The lowest BCUT2D eigenvalue weighted by atomic mass is 10.2. The monoisotopic (exact) mass is 172 g/mol. The van der Waals surface area contributed by atoms with Gasteiger partial charge >= 0.3 is 0 Å². The minimum atomic E-state index is -0.671. The molecule has 1 atom stereocenters. The largest absolute Gasteiger partial charge is 0.467 e. The average Bonchev–Trinajstić information content (AvgIpc) is 2.35. The van der Waals surface area contributed by atoms with Crippen LogP contribution in [-0.2, 0) is 0 Å². The van der Waals surface area contributed by atoms with Gasteiger partial charge in [0.05, 0.1) is 6.26 Å². The van der Waals surface area contributed by atoms with Crippen molar-refractivity contribution in [3.05, 3.63) is 35.8 Å². The molecule has 1 rings (SSSR count). The van der Waals surface area contributed by atoms with Gasteiger partial charge in [-0.05, 0) is 12.1 Å². The van der Waals surface area contributed by atoms with Crippen LogP contribution >= 0.6 is 11.6 Å². The summed E-state index contributed by atoms with van der Waals surface area (Å²) in [4.78, 5) is 0. The Balaban J connectivity index is 2.56. The van der Waals surface area contributed by atoms with Crippen molar-refractivity contribution in [1.29, 1.82) is 0 Å². The maximum Gasteiger partial charge on any atom is 0.132 e. The summed E-state index contributed by atoms with van der Waals surface area (Å²) in [5.41, 5.74) is 0. The number of rotatable bonds is 3. The zero-order valence-corrected chi connectivity index (χ0v) is 6.71. The predicted octanol–water partition coefficient (Wildman–Crippen LogP) is 2.46. The van der Waals surface area contributed by atoms with E-state index in [0.29, 0.717) is 17.2 Å². The van der Waals surface area contributed by atoms with E-state index in [-0.39, 0.29) is 0 Å². The third kappa shape index (κ3) is 2.41. The van der Waals surface area contributed by atoms with Gasteiger partial charge < -0.3 is 9.52 Å². The molecular formula is C8H9ClO2. The number of halogens is 1. The molecule has 0 amide bonds. The molecule has 60 valence electrons. The molecule has 0 bridgehead atoms. The van der Waals surface area contributed by atoms with Gasteiger partial charge in [0.1, 0.15) is 11.9 Å². The van der Waals surface area contributed by atoms with E-state index in [0.717, 1.165) is 0 Å². The molecule has 11 heavy (non-hydrogen) atoms. The van der Waals surface area contributed by atoms with E-state index in [2.05, 4.69) is 6.58 Å². The second-order valence-electron chi connectivity index (χ2n) is 2.25. The molecule has 1 heterocycles. The summed E-state index contributed by atoms with van der Waals surface area (Å²) in [6.07, 6.45) is 1.17. The summed E-state index contributed by atoms with van der Waals surface area (Å²) in [5, 5.41) is 9.77. The molecule has 1 aromatic rings. The molecule has 1 unspecified atom stereocenters. The van der Waals surface area contributed by atoms with Crippen LogP contribution in [0.5, 0.6) is 0 Å². The van der Waals surface area contributed by atoms with Crippen LogP contribution in [0, 0.1) is 0 Å². The highest BCUT2D eigenvalue weighted by Crippen LogP contribution is 2.21. The molecular weight excluding hydrogens is 164 g/mol. The Morgan fingerprint density at radius 2 is 2.55 bits per heavy atom. The first-order valence-electron chi connectivity index (χ1n) is 3.25. The van der Waals surface area contributed by atoms with Crippen LogP contribution in [-0.4, -0.2) is 5.11 Å². The quantitative estimate of drug-likeness (QED) is 0.760. The number of aliphatic hydroxyl groups is 1. The molecule has 0 aliphatic heterocycles. The van der Waals surface area contributed by atoms with Crippen molar-refractivity contribution in [3.63, 3.8) is 0 Å².